The van der Waals surface area contributed by atoms with Gasteiger partial charge in [-0.05, 0) is 30.2 Å². The van der Waals surface area contributed by atoms with Crippen LogP contribution in [0.5, 0.6) is 0 Å². The second-order valence-electron chi connectivity index (χ2n) is 4.22. The van der Waals surface area contributed by atoms with E-state index in [4.69, 9.17) is 0 Å². The van der Waals surface area contributed by atoms with Crippen molar-refractivity contribution in [2.45, 2.75) is 13.5 Å². The van der Waals surface area contributed by atoms with E-state index in [1.807, 2.05) is 6.92 Å². The number of piperazine rings is 1. The van der Waals surface area contributed by atoms with E-state index in [9.17, 15) is 8.78 Å². The van der Waals surface area contributed by atoms with E-state index in [-0.39, 0.29) is 0 Å². The zero-order valence-electron chi connectivity index (χ0n) is 9.39. The summed E-state index contributed by atoms with van der Waals surface area (Å²) >= 11 is 0. The summed E-state index contributed by atoms with van der Waals surface area (Å²) in [6, 6.07) is 2.58. The van der Waals surface area contributed by atoms with E-state index in [1.54, 1.807) is 0 Å². The maximum absolute atomic E-state index is 13.1. The summed E-state index contributed by atoms with van der Waals surface area (Å²) in [6.07, 6.45) is 0. The topological polar surface area (TPSA) is 15.3 Å². The van der Waals surface area contributed by atoms with Gasteiger partial charge < -0.3 is 5.32 Å². The van der Waals surface area contributed by atoms with Crippen molar-refractivity contribution in [3.05, 3.63) is 34.9 Å². The molecule has 16 heavy (non-hydrogen) atoms. The van der Waals surface area contributed by atoms with Crippen LogP contribution in [0.1, 0.15) is 11.1 Å². The van der Waals surface area contributed by atoms with Crippen LogP contribution in [-0.4, -0.2) is 31.1 Å². The van der Waals surface area contributed by atoms with Crippen molar-refractivity contribution < 1.29 is 8.78 Å². The molecule has 1 aliphatic heterocycles. The number of hydrogen-bond acceptors (Lipinski definition) is 2. The lowest BCUT2D eigenvalue weighted by Gasteiger charge is -2.27. The van der Waals surface area contributed by atoms with Crippen LogP contribution < -0.4 is 5.32 Å². The molecule has 88 valence electrons. The Morgan fingerprint density at radius 1 is 1.19 bits per heavy atom. The van der Waals surface area contributed by atoms with Crippen LogP contribution in [0.2, 0.25) is 0 Å². The number of nitrogens with one attached hydrogen (secondary N) is 1. The molecule has 1 aliphatic rings. The molecule has 1 heterocycles. The number of hydrogen-bond donors (Lipinski definition) is 1. The van der Waals surface area contributed by atoms with Crippen molar-refractivity contribution in [3.63, 3.8) is 0 Å². The van der Waals surface area contributed by atoms with Gasteiger partial charge >= 0.3 is 0 Å². The molecule has 0 aliphatic carbocycles. The number of rotatable bonds is 2. The van der Waals surface area contributed by atoms with Gasteiger partial charge in [-0.2, -0.15) is 0 Å². The summed E-state index contributed by atoms with van der Waals surface area (Å²) in [4.78, 5) is 2.25. The van der Waals surface area contributed by atoms with Crippen LogP contribution in [0, 0.1) is 18.6 Å². The van der Waals surface area contributed by atoms with Crippen molar-refractivity contribution >= 4 is 0 Å². The SMILES string of the molecule is Cc1cc(F)c(F)cc1CN1CCNCC1. The fraction of sp³-hybridized carbons (Fsp3) is 0.500. The van der Waals surface area contributed by atoms with Crippen molar-refractivity contribution in [1.29, 1.82) is 0 Å². The summed E-state index contributed by atoms with van der Waals surface area (Å²) in [5.74, 6) is -1.52. The first-order valence-corrected chi connectivity index (χ1v) is 5.54. The second-order valence-corrected chi connectivity index (χ2v) is 4.22. The average molecular weight is 226 g/mol. The number of nitrogens with zero attached hydrogens (tertiary/aromatic N) is 1. The van der Waals surface area contributed by atoms with Crippen molar-refractivity contribution in [1.82, 2.24) is 10.2 Å². The molecule has 4 heteroatoms. The third kappa shape index (κ3) is 2.57. The summed E-state index contributed by atoms with van der Waals surface area (Å²) in [7, 11) is 0. The van der Waals surface area contributed by atoms with Crippen LogP contribution in [0.25, 0.3) is 0 Å². The van der Waals surface area contributed by atoms with Gasteiger partial charge in [0.1, 0.15) is 0 Å². The Morgan fingerprint density at radius 2 is 1.81 bits per heavy atom. The maximum Gasteiger partial charge on any atom is 0.159 e. The normalized spacial score (nSPS) is 17.7. The van der Waals surface area contributed by atoms with Crippen molar-refractivity contribution in [3.8, 4) is 0 Å². The lowest BCUT2D eigenvalue weighted by molar-refractivity contribution is 0.232. The van der Waals surface area contributed by atoms with E-state index in [2.05, 4.69) is 10.2 Å². The molecule has 1 aromatic rings. The largest absolute Gasteiger partial charge is 0.314 e. The molecule has 0 atom stereocenters. The molecule has 1 fully saturated rings. The molecule has 1 saturated heterocycles. The Kier molecular flexibility index (Phi) is 3.51. The van der Waals surface area contributed by atoms with Crippen molar-refractivity contribution in [2.24, 2.45) is 0 Å². The Morgan fingerprint density at radius 3 is 2.50 bits per heavy atom. The summed E-state index contributed by atoms with van der Waals surface area (Å²) in [6.45, 7) is 6.35. The number of halogens is 2. The van der Waals surface area contributed by atoms with Gasteiger partial charge in [0.15, 0.2) is 11.6 Å². The van der Waals surface area contributed by atoms with Gasteiger partial charge in [0.2, 0.25) is 0 Å². The highest BCUT2D eigenvalue weighted by Crippen LogP contribution is 2.16. The highest BCUT2D eigenvalue weighted by atomic mass is 19.2. The average Bonchev–Trinajstić information content (AvgIpc) is 2.27. The molecule has 0 aromatic heterocycles. The van der Waals surface area contributed by atoms with E-state index >= 15 is 0 Å². The minimum absolute atomic E-state index is 0.699. The first kappa shape index (κ1) is 11.5. The molecule has 0 bridgehead atoms. The van der Waals surface area contributed by atoms with E-state index in [1.165, 1.54) is 12.1 Å². The lowest BCUT2D eigenvalue weighted by Crippen LogP contribution is -2.43. The van der Waals surface area contributed by atoms with E-state index < -0.39 is 11.6 Å². The van der Waals surface area contributed by atoms with Crippen LogP contribution in [0.4, 0.5) is 8.78 Å². The molecular formula is C12H16F2N2. The van der Waals surface area contributed by atoms with Crippen LogP contribution in [-0.2, 0) is 6.54 Å². The summed E-state index contributed by atoms with van der Waals surface area (Å²) in [5, 5.41) is 3.26. The second kappa shape index (κ2) is 4.89. The lowest BCUT2D eigenvalue weighted by atomic mass is 10.1. The maximum atomic E-state index is 13.1. The van der Waals surface area contributed by atoms with E-state index in [0.29, 0.717) is 6.54 Å². The quantitative estimate of drug-likeness (QED) is 0.825. The van der Waals surface area contributed by atoms with Crippen LogP contribution >= 0.6 is 0 Å². The molecule has 0 spiro atoms. The molecule has 0 radical (unpaired) electrons. The smallest absolute Gasteiger partial charge is 0.159 e. The molecule has 2 nitrogen and oxygen atoms in total. The number of aryl methyl sites for hydroxylation is 1. The van der Waals surface area contributed by atoms with E-state index in [0.717, 1.165) is 37.3 Å². The van der Waals surface area contributed by atoms with Gasteiger partial charge in [-0.25, -0.2) is 8.78 Å². The molecule has 1 N–H and O–H groups in total. The molecule has 0 amide bonds. The van der Waals surface area contributed by atoms with Gasteiger partial charge in [-0.1, -0.05) is 0 Å². The number of benzene rings is 1. The van der Waals surface area contributed by atoms with Gasteiger partial charge in [0.25, 0.3) is 0 Å². The Balaban J connectivity index is 2.11. The van der Waals surface area contributed by atoms with Crippen LogP contribution in [0.15, 0.2) is 12.1 Å². The van der Waals surface area contributed by atoms with Gasteiger partial charge in [0, 0.05) is 32.7 Å². The fourth-order valence-electron chi connectivity index (χ4n) is 1.97. The zero-order chi connectivity index (χ0) is 11.5. The van der Waals surface area contributed by atoms with Gasteiger partial charge in [-0.3, -0.25) is 4.90 Å². The molecular weight excluding hydrogens is 210 g/mol. The van der Waals surface area contributed by atoms with Crippen LogP contribution in [0.3, 0.4) is 0 Å². The fourth-order valence-corrected chi connectivity index (χ4v) is 1.97. The van der Waals surface area contributed by atoms with Gasteiger partial charge in [0.05, 0.1) is 0 Å². The third-order valence-corrected chi connectivity index (χ3v) is 2.98. The Labute approximate surface area is 94.3 Å². The highest BCUT2D eigenvalue weighted by molar-refractivity contribution is 5.27. The summed E-state index contributed by atoms with van der Waals surface area (Å²) in [5.41, 5.74) is 1.69. The predicted octanol–water partition coefficient (Wildman–Crippen LogP) is 1.68. The Hall–Kier alpha value is -1.00. The van der Waals surface area contributed by atoms with Crippen molar-refractivity contribution in [2.75, 3.05) is 26.2 Å². The molecule has 1 aromatic carbocycles. The first-order chi connectivity index (χ1) is 7.66. The third-order valence-electron chi connectivity index (χ3n) is 2.98. The highest BCUT2D eigenvalue weighted by Gasteiger charge is 2.13. The molecule has 0 saturated carbocycles. The standard InChI is InChI=1S/C12H16F2N2/c1-9-6-11(13)12(14)7-10(9)8-16-4-2-15-3-5-16/h6-7,15H,2-5,8H2,1H3. The Bertz CT molecular complexity index is 374. The molecule has 2 rings (SSSR count). The summed E-state index contributed by atoms with van der Waals surface area (Å²) < 4.78 is 26.0. The first-order valence-electron chi connectivity index (χ1n) is 5.54. The zero-order valence-corrected chi connectivity index (χ0v) is 9.39. The van der Waals surface area contributed by atoms with Gasteiger partial charge in [-0.15, -0.1) is 0 Å². The monoisotopic (exact) mass is 226 g/mol. The minimum Gasteiger partial charge on any atom is -0.314 e. The molecule has 0 unspecified atom stereocenters. The minimum atomic E-state index is -0.762. The predicted molar refractivity (Wildman–Crippen MR) is 59.2 cm³/mol.